The first kappa shape index (κ1) is 31.3. The van der Waals surface area contributed by atoms with Crippen LogP contribution in [-0.2, 0) is 11.3 Å². The van der Waals surface area contributed by atoms with Gasteiger partial charge in [0.1, 0.15) is 0 Å². The van der Waals surface area contributed by atoms with E-state index >= 15 is 0 Å². The Morgan fingerprint density at radius 3 is 2.22 bits per heavy atom. The summed E-state index contributed by atoms with van der Waals surface area (Å²) in [5.74, 6) is -0.294. The summed E-state index contributed by atoms with van der Waals surface area (Å²) < 4.78 is 1.89. The molecular weight excluding hydrogens is 448 g/mol. The SMILES string of the molecule is C=C(NCC)C(CCCC)C(=O)NCC(=C(/N)CC)/C(NC(CCC)CCC)=c1/cnn(CC)c1=C. The molecular formula is C29H52N6O. The first-order valence-electron chi connectivity index (χ1n) is 14.0. The van der Waals surface area contributed by atoms with Crippen LogP contribution in [-0.4, -0.2) is 34.8 Å². The van der Waals surface area contributed by atoms with E-state index in [9.17, 15) is 4.79 Å². The number of carbonyl (C=O) groups is 1. The maximum Gasteiger partial charge on any atom is 0.229 e. The molecule has 1 aromatic rings. The average Bonchev–Trinajstić information content (AvgIpc) is 3.23. The minimum Gasteiger partial charge on any atom is -0.402 e. The molecule has 36 heavy (non-hydrogen) atoms. The van der Waals surface area contributed by atoms with Crippen LogP contribution in [0.4, 0.5) is 0 Å². The highest BCUT2D eigenvalue weighted by Crippen LogP contribution is 2.18. The van der Waals surface area contributed by atoms with Crippen LogP contribution < -0.4 is 32.3 Å². The predicted octanol–water partition coefficient (Wildman–Crippen LogP) is 3.65. The van der Waals surface area contributed by atoms with Crippen LogP contribution in [0.15, 0.2) is 29.7 Å². The zero-order valence-corrected chi connectivity index (χ0v) is 23.8. The molecule has 1 amide bonds. The summed E-state index contributed by atoms with van der Waals surface area (Å²) in [7, 11) is 0. The van der Waals surface area contributed by atoms with Gasteiger partial charge >= 0.3 is 0 Å². The topological polar surface area (TPSA) is 97.0 Å². The van der Waals surface area contributed by atoms with Gasteiger partial charge in [-0.2, -0.15) is 5.10 Å². The molecule has 0 spiro atoms. The molecule has 1 rings (SSSR count). The molecule has 204 valence electrons. The van der Waals surface area contributed by atoms with E-state index in [0.29, 0.717) is 19.0 Å². The van der Waals surface area contributed by atoms with Gasteiger partial charge in [0.25, 0.3) is 0 Å². The maximum absolute atomic E-state index is 13.4. The van der Waals surface area contributed by atoms with Crippen molar-refractivity contribution in [3.05, 3.63) is 40.3 Å². The van der Waals surface area contributed by atoms with Gasteiger partial charge in [-0.15, -0.1) is 0 Å². The number of rotatable bonds is 18. The molecule has 1 atom stereocenters. The number of allylic oxidation sites excluding steroid dienone is 1. The molecule has 1 aromatic heterocycles. The van der Waals surface area contributed by atoms with Crippen molar-refractivity contribution in [2.24, 2.45) is 11.7 Å². The minimum atomic E-state index is -0.274. The molecule has 0 aliphatic heterocycles. The Morgan fingerprint density at radius 2 is 1.72 bits per heavy atom. The summed E-state index contributed by atoms with van der Waals surface area (Å²) in [6, 6.07) is 0.306. The molecule has 7 heteroatoms. The number of amides is 1. The molecule has 1 unspecified atom stereocenters. The van der Waals surface area contributed by atoms with E-state index in [2.05, 4.69) is 61.9 Å². The van der Waals surface area contributed by atoms with Crippen LogP contribution in [0, 0.1) is 5.92 Å². The van der Waals surface area contributed by atoms with Crippen molar-refractivity contribution >= 4 is 18.2 Å². The van der Waals surface area contributed by atoms with Gasteiger partial charge in [-0.05, 0) is 39.5 Å². The smallest absolute Gasteiger partial charge is 0.229 e. The molecule has 0 fully saturated rings. The largest absolute Gasteiger partial charge is 0.402 e. The number of hydrogen-bond acceptors (Lipinski definition) is 5. The lowest BCUT2D eigenvalue weighted by Crippen LogP contribution is -2.41. The van der Waals surface area contributed by atoms with Gasteiger partial charge in [-0.1, -0.05) is 66.5 Å². The third kappa shape index (κ3) is 9.07. The normalized spacial score (nSPS) is 13.8. The van der Waals surface area contributed by atoms with Gasteiger partial charge in [0.15, 0.2) is 0 Å². The van der Waals surface area contributed by atoms with Gasteiger partial charge in [0, 0.05) is 47.9 Å². The van der Waals surface area contributed by atoms with Gasteiger partial charge in [0.05, 0.1) is 23.2 Å². The Kier molecular flexibility index (Phi) is 14.7. The second kappa shape index (κ2) is 16.9. The van der Waals surface area contributed by atoms with Crippen LogP contribution in [0.2, 0.25) is 0 Å². The van der Waals surface area contributed by atoms with Crippen molar-refractivity contribution in [1.29, 1.82) is 0 Å². The molecule has 0 saturated heterocycles. The molecule has 7 nitrogen and oxygen atoms in total. The Bertz CT molecular complexity index is 955. The molecule has 5 N–H and O–H groups in total. The van der Waals surface area contributed by atoms with Crippen molar-refractivity contribution in [3.8, 4) is 0 Å². The van der Waals surface area contributed by atoms with E-state index in [1.54, 1.807) is 0 Å². The zero-order chi connectivity index (χ0) is 27.1. The molecule has 0 radical (unpaired) electrons. The van der Waals surface area contributed by atoms with Crippen molar-refractivity contribution in [2.45, 2.75) is 105 Å². The van der Waals surface area contributed by atoms with E-state index in [1.165, 1.54) is 0 Å². The lowest BCUT2D eigenvalue weighted by Gasteiger charge is -2.25. The lowest BCUT2D eigenvalue weighted by molar-refractivity contribution is -0.124. The number of aryl methyl sites for hydroxylation is 1. The quantitative estimate of drug-likeness (QED) is 0.247. The number of unbranched alkanes of at least 4 members (excludes halogenated alkanes) is 1. The molecule has 0 bridgehead atoms. The van der Waals surface area contributed by atoms with E-state index in [-0.39, 0.29) is 11.8 Å². The molecule has 0 saturated carbocycles. The monoisotopic (exact) mass is 500 g/mol. The van der Waals surface area contributed by atoms with Gasteiger partial charge < -0.3 is 21.7 Å². The van der Waals surface area contributed by atoms with E-state index in [4.69, 9.17) is 5.73 Å². The third-order valence-corrected chi connectivity index (χ3v) is 6.64. The fraction of sp³-hybridized carbons (Fsp3) is 0.655. The Balaban J connectivity index is 3.48. The standard InChI is InChI=1S/C29H52N6O/c1-9-15-18-24(21(7)31-13-5)29(36)32-19-26(27(30)12-4)28(34-23(16-10-2)17-11-3)25-20-33-35(14-6)22(25)8/h20,23-24,31,34H,7-19,30H2,1-6H3,(H,32,36)/b27-26-,28-25+. The van der Waals surface area contributed by atoms with Crippen LogP contribution in [0.25, 0.3) is 12.3 Å². The summed E-state index contributed by atoms with van der Waals surface area (Å²) in [5, 5.41) is 16.6. The van der Waals surface area contributed by atoms with Gasteiger partial charge in [-0.3, -0.25) is 9.48 Å². The lowest BCUT2D eigenvalue weighted by atomic mass is 9.97. The fourth-order valence-corrected chi connectivity index (χ4v) is 4.51. The Morgan fingerprint density at radius 1 is 1.06 bits per heavy atom. The van der Waals surface area contributed by atoms with Crippen LogP contribution >= 0.6 is 0 Å². The maximum atomic E-state index is 13.4. The molecule has 0 aliphatic rings. The number of nitrogens with two attached hydrogens (primary N) is 1. The third-order valence-electron chi connectivity index (χ3n) is 6.64. The van der Waals surface area contributed by atoms with Crippen LogP contribution in [0.3, 0.4) is 0 Å². The number of nitrogens with zero attached hydrogens (tertiary/aromatic N) is 2. The molecule has 1 heterocycles. The van der Waals surface area contributed by atoms with Gasteiger partial charge in [0.2, 0.25) is 5.91 Å². The van der Waals surface area contributed by atoms with Crippen molar-refractivity contribution in [2.75, 3.05) is 13.1 Å². The van der Waals surface area contributed by atoms with E-state index < -0.39 is 0 Å². The summed E-state index contributed by atoms with van der Waals surface area (Å²) in [5.41, 5.74) is 9.98. The fourth-order valence-electron chi connectivity index (χ4n) is 4.51. The highest BCUT2D eigenvalue weighted by molar-refractivity contribution is 5.82. The van der Waals surface area contributed by atoms with E-state index in [1.807, 2.05) is 24.7 Å². The highest BCUT2D eigenvalue weighted by atomic mass is 16.1. The van der Waals surface area contributed by atoms with Crippen molar-refractivity contribution in [1.82, 2.24) is 25.7 Å². The van der Waals surface area contributed by atoms with Crippen molar-refractivity contribution in [3.63, 3.8) is 0 Å². The predicted molar refractivity (Wildman–Crippen MR) is 153 cm³/mol. The van der Waals surface area contributed by atoms with Crippen LogP contribution in [0.5, 0.6) is 0 Å². The summed E-state index contributed by atoms with van der Waals surface area (Å²) in [6.07, 6.45) is 9.60. The number of carbonyl (C=O) groups excluding carboxylic acids is 1. The molecule has 0 aromatic carbocycles. The summed E-state index contributed by atoms with van der Waals surface area (Å²) >= 11 is 0. The Labute approximate surface area is 219 Å². The first-order valence-corrected chi connectivity index (χ1v) is 14.0. The second-order valence-electron chi connectivity index (χ2n) is 9.44. The van der Waals surface area contributed by atoms with Gasteiger partial charge in [-0.25, -0.2) is 0 Å². The summed E-state index contributed by atoms with van der Waals surface area (Å²) in [4.78, 5) is 13.4. The van der Waals surface area contributed by atoms with Crippen molar-refractivity contribution < 1.29 is 4.79 Å². The molecule has 0 aliphatic carbocycles. The van der Waals surface area contributed by atoms with Crippen LogP contribution in [0.1, 0.15) is 92.9 Å². The first-order chi connectivity index (χ1) is 17.3. The summed E-state index contributed by atoms with van der Waals surface area (Å²) in [6.45, 7) is 22.9. The number of hydrogen-bond donors (Lipinski definition) is 4. The zero-order valence-electron chi connectivity index (χ0n) is 23.8. The number of aromatic nitrogens is 2. The highest BCUT2D eigenvalue weighted by Gasteiger charge is 2.23. The second-order valence-corrected chi connectivity index (χ2v) is 9.44. The number of nitrogens with one attached hydrogen (secondary N) is 3. The average molecular weight is 501 g/mol. The van der Waals surface area contributed by atoms with E-state index in [0.717, 1.165) is 91.3 Å². The Hall–Kier alpha value is -2.70. The minimum absolute atomic E-state index is 0.0204.